The molecule has 2 heterocycles. The summed E-state index contributed by atoms with van der Waals surface area (Å²) < 4.78 is 5.79. The predicted octanol–water partition coefficient (Wildman–Crippen LogP) is 2.94. The van der Waals surface area contributed by atoms with E-state index in [-0.39, 0.29) is 18.4 Å². The number of piperidine rings is 1. The number of nitrogens with zero attached hydrogens (tertiary/aromatic N) is 2. The highest BCUT2D eigenvalue weighted by Crippen LogP contribution is 2.25. The number of rotatable bonds is 3. The summed E-state index contributed by atoms with van der Waals surface area (Å²) in [5, 5.41) is 0.826. The number of carbonyl (C=O) groups excluding carboxylic acids is 2. The van der Waals surface area contributed by atoms with Gasteiger partial charge in [-0.15, -0.1) is 0 Å². The number of ether oxygens (including phenoxy) is 1. The minimum atomic E-state index is -0.775. The Morgan fingerprint density at radius 1 is 1.38 bits per heavy atom. The second-order valence-electron chi connectivity index (χ2n) is 5.91. The van der Waals surface area contributed by atoms with Gasteiger partial charge in [0.1, 0.15) is 0 Å². The average molecular weight is 392 g/mol. The minimum Gasteiger partial charge on any atom is -0.449 e. The molecule has 1 saturated heterocycles. The summed E-state index contributed by atoms with van der Waals surface area (Å²) in [6.45, 7) is 1.51. The molecule has 1 aromatic heterocycles. The maximum absolute atomic E-state index is 13.0. The lowest BCUT2D eigenvalue weighted by Gasteiger charge is -2.32. The van der Waals surface area contributed by atoms with Crippen LogP contribution >= 0.6 is 15.9 Å². The number of amides is 2. The van der Waals surface area contributed by atoms with Crippen LogP contribution in [0.3, 0.4) is 0 Å². The number of primary amides is 1. The van der Waals surface area contributed by atoms with Gasteiger partial charge < -0.3 is 15.4 Å². The van der Waals surface area contributed by atoms with E-state index in [0.717, 1.165) is 28.2 Å². The van der Waals surface area contributed by atoms with Gasteiger partial charge in [0.2, 0.25) is 0 Å². The summed E-state index contributed by atoms with van der Waals surface area (Å²) in [4.78, 5) is 29.8. The number of halogens is 1. The topological polar surface area (TPSA) is 85.5 Å². The Labute approximate surface area is 148 Å². The first-order valence-electron chi connectivity index (χ1n) is 7.80. The van der Waals surface area contributed by atoms with Crippen molar-refractivity contribution in [2.75, 3.05) is 19.7 Å². The van der Waals surface area contributed by atoms with Crippen molar-refractivity contribution in [3.8, 4) is 0 Å². The van der Waals surface area contributed by atoms with E-state index in [9.17, 15) is 9.59 Å². The maximum atomic E-state index is 13.0. The van der Waals surface area contributed by atoms with Crippen molar-refractivity contribution in [3.63, 3.8) is 0 Å². The Hall–Kier alpha value is -2.15. The van der Waals surface area contributed by atoms with Crippen LogP contribution in [0.15, 0.2) is 34.9 Å². The molecular formula is C17H18BrN3O3. The lowest BCUT2D eigenvalue weighted by atomic mass is 9.97. The van der Waals surface area contributed by atoms with Crippen molar-refractivity contribution in [3.05, 3.63) is 40.5 Å². The van der Waals surface area contributed by atoms with Crippen molar-refractivity contribution in [1.29, 1.82) is 0 Å². The Morgan fingerprint density at radius 3 is 3.00 bits per heavy atom. The zero-order chi connectivity index (χ0) is 17.1. The van der Waals surface area contributed by atoms with Crippen LogP contribution in [0, 0.1) is 5.92 Å². The van der Waals surface area contributed by atoms with Gasteiger partial charge in [-0.1, -0.05) is 15.9 Å². The summed E-state index contributed by atoms with van der Waals surface area (Å²) in [7, 11) is 0. The Balaban J connectivity index is 1.81. The molecule has 3 rings (SSSR count). The molecule has 2 aromatic rings. The molecule has 7 heteroatoms. The molecule has 0 saturated carbocycles. The highest BCUT2D eigenvalue weighted by molar-refractivity contribution is 9.10. The maximum Gasteiger partial charge on any atom is 0.404 e. The van der Waals surface area contributed by atoms with E-state index in [2.05, 4.69) is 20.9 Å². The molecule has 1 unspecified atom stereocenters. The fourth-order valence-corrected chi connectivity index (χ4v) is 3.42. The largest absolute Gasteiger partial charge is 0.449 e. The van der Waals surface area contributed by atoms with Crippen LogP contribution in [0.5, 0.6) is 0 Å². The first-order valence-corrected chi connectivity index (χ1v) is 8.59. The number of hydrogen-bond acceptors (Lipinski definition) is 4. The van der Waals surface area contributed by atoms with Gasteiger partial charge in [0.15, 0.2) is 0 Å². The van der Waals surface area contributed by atoms with Crippen molar-refractivity contribution in [2.45, 2.75) is 12.8 Å². The molecule has 2 N–H and O–H groups in total. The normalized spacial score (nSPS) is 17.7. The molecule has 0 radical (unpaired) electrons. The summed E-state index contributed by atoms with van der Waals surface area (Å²) >= 11 is 3.44. The van der Waals surface area contributed by atoms with E-state index in [0.29, 0.717) is 18.7 Å². The molecule has 2 amide bonds. The van der Waals surface area contributed by atoms with Gasteiger partial charge in [-0.3, -0.25) is 9.78 Å². The molecule has 1 aromatic carbocycles. The second-order valence-corrected chi connectivity index (χ2v) is 6.83. The van der Waals surface area contributed by atoms with Crippen molar-refractivity contribution in [2.24, 2.45) is 11.7 Å². The van der Waals surface area contributed by atoms with E-state index < -0.39 is 6.09 Å². The van der Waals surface area contributed by atoms with Crippen LogP contribution in [-0.2, 0) is 4.74 Å². The lowest BCUT2D eigenvalue weighted by Crippen LogP contribution is -2.41. The van der Waals surface area contributed by atoms with Crippen molar-refractivity contribution < 1.29 is 14.3 Å². The Morgan fingerprint density at radius 2 is 2.21 bits per heavy atom. The van der Waals surface area contributed by atoms with E-state index in [1.165, 1.54) is 0 Å². The predicted molar refractivity (Wildman–Crippen MR) is 93.6 cm³/mol. The van der Waals surface area contributed by atoms with E-state index >= 15 is 0 Å². The number of likely N-dealkylation sites (tertiary alicyclic amines) is 1. The van der Waals surface area contributed by atoms with Crippen LogP contribution in [0.25, 0.3) is 10.9 Å². The van der Waals surface area contributed by atoms with Crippen LogP contribution in [0.4, 0.5) is 4.79 Å². The van der Waals surface area contributed by atoms with Crippen LogP contribution < -0.4 is 5.73 Å². The molecule has 126 valence electrons. The highest BCUT2D eigenvalue weighted by atomic mass is 79.9. The third kappa shape index (κ3) is 3.67. The van der Waals surface area contributed by atoms with Gasteiger partial charge >= 0.3 is 6.09 Å². The van der Waals surface area contributed by atoms with Crippen LogP contribution in [-0.4, -0.2) is 41.6 Å². The number of benzene rings is 1. The molecule has 0 aliphatic carbocycles. The first kappa shape index (κ1) is 16.7. The Kier molecular flexibility index (Phi) is 4.99. The summed E-state index contributed by atoms with van der Waals surface area (Å²) in [6, 6.07) is 7.45. The molecule has 1 aliphatic rings. The molecule has 24 heavy (non-hydrogen) atoms. The molecule has 6 nitrogen and oxygen atoms in total. The lowest BCUT2D eigenvalue weighted by molar-refractivity contribution is 0.0597. The minimum absolute atomic E-state index is 0.0238. The number of aromatic nitrogens is 1. The number of pyridine rings is 1. The second kappa shape index (κ2) is 7.17. The third-order valence-electron chi connectivity index (χ3n) is 4.20. The van der Waals surface area contributed by atoms with Gasteiger partial charge in [0, 0.05) is 35.1 Å². The van der Waals surface area contributed by atoms with Gasteiger partial charge in [-0.25, -0.2) is 4.79 Å². The smallest absolute Gasteiger partial charge is 0.404 e. The van der Waals surface area contributed by atoms with Gasteiger partial charge in [0.25, 0.3) is 5.91 Å². The fraction of sp³-hybridized carbons (Fsp3) is 0.353. The molecule has 0 bridgehead atoms. The van der Waals surface area contributed by atoms with Crippen LogP contribution in [0.1, 0.15) is 23.2 Å². The van der Waals surface area contributed by atoms with Gasteiger partial charge in [-0.2, -0.15) is 0 Å². The summed E-state index contributed by atoms with van der Waals surface area (Å²) in [5.74, 6) is 0.0966. The van der Waals surface area contributed by atoms with Crippen molar-refractivity contribution in [1.82, 2.24) is 9.88 Å². The number of carbonyl (C=O) groups is 2. The summed E-state index contributed by atoms with van der Waals surface area (Å²) in [5.41, 5.74) is 6.44. The number of hydrogen-bond donors (Lipinski definition) is 1. The quantitative estimate of drug-likeness (QED) is 0.871. The standard InChI is InChI=1S/C17H18BrN3O3/c18-12-3-4-15-14(8-12)13(5-6-20-15)16(22)21-7-1-2-11(9-21)10-24-17(19)23/h3-6,8,11H,1-2,7,9-10H2,(H2,19,23). The highest BCUT2D eigenvalue weighted by Gasteiger charge is 2.26. The fourth-order valence-electron chi connectivity index (χ4n) is 3.06. The first-order chi connectivity index (χ1) is 11.5. The molecular weight excluding hydrogens is 374 g/mol. The average Bonchev–Trinajstić information content (AvgIpc) is 2.59. The van der Waals surface area contributed by atoms with Crippen molar-refractivity contribution >= 4 is 38.8 Å². The Bertz CT molecular complexity index is 781. The molecule has 0 spiro atoms. The molecule has 1 atom stereocenters. The van der Waals surface area contributed by atoms with E-state index in [4.69, 9.17) is 10.5 Å². The SMILES string of the molecule is NC(=O)OCC1CCCN(C(=O)c2ccnc3ccc(Br)cc23)C1. The molecule has 1 aliphatic heterocycles. The summed E-state index contributed by atoms with van der Waals surface area (Å²) in [6.07, 6.45) is 2.68. The van der Waals surface area contributed by atoms with Gasteiger partial charge in [0.05, 0.1) is 17.7 Å². The molecule has 1 fully saturated rings. The van der Waals surface area contributed by atoms with Crippen LogP contribution in [0.2, 0.25) is 0 Å². The third-order valence-corrected chi connectivity index (χ3v) is 4.69. The number of fused-ring (bicyclic) bond motifs is 1. The zero-order valence-electron chi connectivity index (χ0n) is 13.1. The van der Waals surface area contributed by atoms with E-state index in [1.54, 1.807) is 12.3 Å². The monoisotopic (exact) mass is 391 g/mol. The van der Waals surface area contributed by atoms with E-state index in [1.807, 2.05) is 23.1 Å². The zero-order valence-corrected chi connectivity index (χ0v) is 14.7. The number of nitrogens with two attached hydrogens (primary N) is 1. The van der Waals surface area contributed by atoms with Gasteiger partial charge in [-0.05, 0) is 37.1 Å².